The van der Waals surface area contributed by atoms with Gasteiger partial charge in [-0.05, 0) is 43.7 Å². The first-order chi connectivity index (χ1) is 13.4. The summed E-state index contributed by atoms with van der Waals surface area (Å²) in [5, 5.41) is 0. The Bertz CT molecular complexity index is 930. The van der Waals surface area contributed by atoms with Gasteiger partial charge in [-0.1, -0.05) is 30.3 Å². The van der Waals surface area contributed by atoms with E-state index in [9.17, 15) is 13.8 Å². The molecule has 1 unspecified atom stereocenters. The molecule has 0 aliphatic carbocycles. The minimum Gasteiger partial charge on any atom is -0.417 e. The normalized spacial score (nSPS) is 28.0. The molecule has 0 N–H and O–H groups in total. The maximum Gasteiger partial charge on any atom is 0.412 e. The van der Waals surface area contributed by atoms with Gasteiger partial charge in [-0.25, -0.2) is 9.00 Å². The Morgan fingerprint density at radius 3 is 2.36 bits per heavy atom. The Kier molecular flexibility index (Phi) is 4.81. The first-order valence-electron chi connectivity index (χ1n) is 9.20. The number of nitrogens with zero attached hydrogens (tertiary/aromatic N) is 1. The third-order valence-electron chi connectivity index (χ3n) is 5.36. The summed E-state index contributed by atoms with van der Waals surface area (Å²) < 4.78 is 24.0. The number of hydrogen-bond donors (Lipinski definition) is 0. The van der Waals surface area contributed by atoms with Crippen LogP contribution in [0.1, 0.15) is 25.8 Å². The largest absolute Gasteiger partial charge is 0.417 e. The summed E-state index contributed by atoms with van der Waals surface area (Å²) in [6, 6.07) is 15.8. The number of amides is 1. The van der Waals surface area contributed by atoms with Crippen molar-refractivity contribution in [2.75, 3.05) is 6.54 Å². The fourth-order valence-electron chi connectivity index (χ4n) is 3.69. The average Bonchev–Trinajstić information content (AvgIpc) is 3.02. The molecule has 2 aliphatic rings. The van der Waals surface area contributed by atoms with Crippen LogP contribution < -0.4 is 0 Å². The number of carbonyl (C=O) groups excluding carboxylic acids is 2. The molecule has 0 radical (unpaired) electrons. The maximum atomic E-state index is 12.9. The number of Topliss-reactive ketones (excluding diaryl/α,β-unsaturated/α-hetero) is 1. The van der Waals surface area contributed by atoms with Crippen LogP contribution in [0.4, 0.5) is 4.79 Å². The lowest BCUT2D eigenvalue weighted by Gasteiger charge is -2.38. The van der Waals surface area contributed by atoms with E-state index in [2.05, 4.69) is 0 Å². The standard InChI is InChI=1S/C21H21NO5S/c1-3-22-17-13-18(23)21(2,27-19(17)26-20(22)24)14-9-11-16(12-10-14)28(25)15-7-5-4-6-8-15/h4-12,17,19H,3,13H2,1-2H3/t17-,19+,21+,28?/m1/s1. The Labute approximate surface area is 165 Å². The molecule has 0 aromatic heterocycles. The molecule has 6 nitrogen and oxygen atoms in total. The molecule has 28 heavy (non-hydrogen) atoms. The van der Waals surface area contributed by atoms with Crippen LogP contribution in [0.2, 0.25) is 0 Å². The molecule has 2 fully saturated rings. The zero-order valence-electron chi connectivity index (χ0n) is 15.7. The van der Waals surface area contributed by atoms with Crippen LogP contribution in [0, 0.1) is 0 Å². The van der Waals surface area contributed by atoms with Gasteiger partial charge in [-0.15, -0.1) is 0 Å². The van der Waals surface area contributed by atoms with Crippen LogP contribution in [0.5, 0.6) is 0 Å². The minimum absolute atomic E-state index is 0.109. The van der Waals surface area contributed by atoms with Crippen LogP contribution in [0.15, 0.2) is 64.4 Å². The molecule has 2 saturated heterocycles. The zero-order chi connectivity index (χ0) is 19.9. The van der Waals surface area contributed by atoms with Gasteiger partial charge in [0, 0.05) is 22.8 Å². The van der Waals surface area contributed by atoms with E-state index >= 15 is 0 Å². The second-order valence-corrected chi connectivity index (χ2v) is 8.47. The predicted molar refractivity (Wildman–Crippen MR) is 102 cm³/mol. The second kappa shape index (κ2) is 7.14. The van der Waals surface area contributed by atoms with Gasteiger partial charge < -0.3 is 9.47 Å². The van der Waals surface area contributed by atoms with Crippen LogP contribution in [-0.4, -0.2) is 39.9 Å². The van der Waals surface area contributed by atoms with Crippen molar-refractivity contribution in [1.82, 2.24) is 4.90 Å². The maximum absolute atomic E-state index is 12.9. The van der Waals surface area contributed by atoms with Crippen LogP contribution in [-0.2, 0) is 30.7 Å². The van der Waals surface area contributed by atoms with Gasteiger partial charge in [-0.3, -0.25) is 9.69 Å². The van der Waals surface area contributed by atoms with Crippen molar-refractivity contribution in [3.8, 4) is 0 Å². The summed E-state index contributed by atoms with van der Waals surface area (Å²) in [7, 11) is -1.30. The van der Waals surface area contributed by atoms with Crippen molar-refractivity contribution in [2.45, 2.75) is 48.0 Å². The molecular formula is C21H21NO5S. The minimum atomic E-state index is -1.30. The van der Waals surface area contributed by atoms with E-state index in [1.54, 1.807) is 31.2 Å². The number of rotatable bonds is 4. The van der Waals surface area contributed by atoms with Crippen molar-refractivity contribution in [3.63, 3.8) is 0 Å². The fraction of sp³-hybridized carbons (Fsp3) is 0.333. The molecule has 2 aliphatic heterocycles. The monoisotopic (exact) mass is 399 g/mol. The number of ether oxygens (including phenoxy) is 2. The van der Waals surface area contributed by atoms with Crippen LogP contribution in [0.25, 0.3) is 0 Å². The molecular weight excluding hydrogens is 378 g/mol. The zero-order valence-corrected chi connectivity index (χ0v) is 16.5. The molecule has 0 bridgehead atoms. The first kappa shape index (κ1) is 18.8. The highest BCUT2D eigenvalue weighted by atomic mass is 32.2. The van der Waals surface area contributed by atoms with Crippen molar-refractivity contribution in [3.05, 3.63) is 60.2 Å². The van der Waals surface area contributed by atoms with Crippen molar-refractivity contribution in [1.29, 1.82) is 0 Å². The van der Waals surface area contributed by atoms with E-state index in [0.717, 1.165) is 0 Å². The summed E-state index contributed by atoms with van der Waals surface area (Å²) in [4.78, 5) is 27.7. The predicted octanol–water partition coefficient (Wildman–Crippen LogP) is 3.22. The van der Waals surface area contributed by atoms with E-state index in [4.69, 9.17) is 9.47 Å². The summed E-state index contributed by atoms with van der Waals surface area (Å²) in [5.74, 6) is -0.109. The van der Waals surface area contributed by atoms with Crippen molar-refractivity contribution < 1.29 is 23.3 Å². The van der Waals surface area contributed by atoms with Crippen molar-refractivity contribution in [2.24, 2.45) is 0 Å². The lowest BCUT2D eigenvalue weighted by molar-refractivity contribution is -0.205. The Balaban J connectivity index is 1.58. The lowest BCUT2D eigenvalue weighted by Crippen LogP contribution is -2.52. The topological polar surface area (TPSA) is 72.9 Å². The van der Waals surface area contributed by atoms with E-state index in [1.807, 2.05) is 37.3 Å². The molecule has 0 saturated carbocycles. The molecule has 2 aromatic rings. The average molecular weight is 399 g/mol. The van der Waals surface area contributed by atoms with Crippen LogP contribution in [0.3, 0.4) is 0 Å². The Morgan fingerprint density at radius 1 is 1.07 bits per heavy atom. The first-order valence-corrected chi connectivity index (χ1v) is 10.3. The third kappa shape index (κ3) is 3.04. The van der Waals surface area contributed by atoms with Gasteiger partial charge in [0.05, 0.1) is 10.8 Å². The fourth-order valence-corrected chi connectivity index (χ4v) is 4.75. The smallest absolute Gasteiger partial charge is 0.412 e. The van der Waals surface area contributed by atoms with E-state index < -0.39 is 28.8 Å². The van der Waals surface area contributed by atoms with Gasteiger partial charge in [0.2, 0.25) is 6.29 Å². The molecule has 4 rings (SSSR count). The van der Waals surface area contributed by atoms with Gasteiger partial charge in [0.25, 0.3) is 0 Å². The van der Waals surface area contributed by atoms with E-state index in [-0.39, 0.29) is 18.2 Å². The highest BCUT2D eigenvalue weighted by Gasteiger charge is 2.54. The Morgan fingerprint density at radius 2 is 1.71 bits per heavy atom. The molecule has 7 heteroatoms. The molecule has 2 aromatic carbocycles. The molecule has 0 spiro atoms. The summed E-state index contributed by atoms with van der Waals surface area (Å²) in [6.45, 7) is 4.00. The number of likely N-dealkylation sites (N-methyl/N-ethyl adjacent to an activating group) is 1. The second-order valence-electron chi connectivity index (χ2n) is 6.99. The highest BCUT2D eigenvalue weighted by molar-refractivity contribution is 7.85. The molecule has 4 atom stereocenters. The van der Waals surface area contributed by atoms with Gasteiger partial charge >= 0.3 is 6.09 Å². The van der Waals surface area contributed by atoms with E-state index in [0.29, 0.717) is 21.9 Å². The summed E-state index contributed by atoms with van der Waals surface area (Å²) in [5.41, 5.74) is -0.561. The van der Waals surface area contributed by atoms with Crippen LogP contribution >= 0.6 is 0 Å². The van der Waals surface area contributed by atoms with Crippen molar-refractivity contribution >= 4 is 22.7 Å². The molecule has 1 amide bonds. The van der Waals surface area contributed by atoms with Gasteiger partial charge in [0.15, 0.2) is 11.4 Å². The summed E-state index contributed by atoms with van der Waals surface area (Å²) >= 11 is 0. The third-order valence-corrected chi connectivity index (χ3v) is 6.76. The molecule has 146 valence electrons. The number of hydrogen-bond acceptors (Lipinski definition) is 5. The van der Waals surface area contributed by atoms with Gasteiger partial charge in [-0.2, -0.15) is 0 Å². The lowest BCUT2D eigenvalue weighted by atomic mass is 9.85. The number of fused-ring (bicyclic) bond motifs is 1. The van der Waals surface area contributed by atoms with Gasteiger partial charge in [0.1, 0.15) is 6.04 Å². The van der Waals surface area contributed by atoms with E-state index in [1.165, 1.54) is 4.90 Å². The summed E-state index contributed by atoms with van der Waals surface area (Å²) in [6.07, 6.45) is -1.05. The quantitative estimate of drug-likeness (QED) is 0.789. The SMILES string of the molecule is CCN1C(=O)O[C@H]2O[C@@](C)(c3ccc(S(=O)c4ccccc4)cc3)C(=O)C[C@H]21. The number of carbonyl (C=O) groups is 2. The number of benzene rings is 2. The Hall–Kier alpha value is -2.51. The highest BCUT2D eigenvalue weighted by Crippen LogP contribution is 2.39. The number of ketones is 1. The molecule has 2 heterocycles.